The van der Waals surface area contributed by atoms with Gasteiger partial charge in [0.2, 0.25) is 0 Å². The third-order valence-electron chi connectivity index (χ3n) is 3.00. The molecule has 0 aromatic carbocycles. The molecule has 16 heavy (non-hydrogen) atoms. The molecule has 90 valence electrons. The summed E-state index contributed by atoms with van der Waals surface area (Å²) in [5.41, 5.74) is 0. The fourth-order valence-electron chi connectivity index (χ4n) is 2.19. The van der Waals surface area contributed by atoms with Crippen LogP contribution < -0.4 is 5.32 Å². The molecule has 1 aromatic rings. The number of halogens is 1. The second-order valence-corrected chi connectivity index (χ2v) is 5.56. The molecule has 4 heteroatoms. The predicted molar refractivity (Wildman–Crippen MR) is 69.3 cm³/mol. The van der Waals surface area contributed by atoms with Crippen LogP contribution in [-0.2, 0) is 4.74 Å². The van der Waals surface area contributed by atoms with E-state index in [0.29, 0.717) is 12.0 Å². The molecule has 1 aliphatic heterocycles. The van der Waals surface area contributed by atoms with Crippen LogP contribution in [0.3, 0.4) is 0 Å². The van der Waals surface area contributed by atoms with Crippen LogP contribution in [0, 0.1) is 5.92 Å². The van der Waals surface area contributed by atoms with Gasteiger partial charge in [-0.3, -0.25) is 0 Å². The number of nitrogens with one attached hydrogen (secondary N) is 1. The number of rotatable bonds is 5. The monoisotopic (exact) mass is 259 g/mol. The Hall–Kier alpha value is -0.0900. The Kier molecular flexibility index (Phi) is 4.65. The Morgan fingerprint density at radius 3 is 3.12 bits per heavy atom. The summed E-state index contributed by atoms with van der Waals surface area (Å²) in [5.74, 6) is 0.683. The Balaban J connectivity index is 2.01. The van der Waals surface area contributed by atoms with E-state index < -0.39 is 0 Å². The van der Waals surface area contributed by atoms with E-state index in [1.54, 1.807) is 11.3 Å². The van der Waals surface area contributed by atoms with E-state index in [9.17, 15) is 0 Å². The maximum absolute atomic E-state index is 6.19. The van der Waals surface area contributed by atoms with Gasteiger partial charge in [-0.05, 0) is 36.8 Å². The minimum Gasteiger partial charge on any atom is -0.381 e. The summed E-state index contributed by atoms with van der Waals surface area (Å²) in [6, 6.07) is 2.38. The summed E-state index contributed by atoms with van der Waals surface area (Å²) in [7, 11) is 0. The molecule has 2 rings (SSSR count). The summed E-state index contributed by atoms with van der Waals surface area (Å²) < 4.78 is 5.43. The van der Waals surface area contributed by atoms with Crippen molar-refractivity contribution in [3.8, 4) is 0 Å². The number of hydrogen-bond donors (Lipinski definition) is 1. The normalized spacial score (nSPS) is 22.5. The van der Waals surface area contributed by atoms with Crippen LogP contribution in [0.4, 0.5) is 0 Å². The van der Waals surface area contributed by atoms with Crippen molar-refractivity contribution in [2.45, 2.75) is 25.8 Å². The largest absolute Gasteiger partial charge is 0.381 e. The molecule has 2 heterocycles. The highest BCUT2D eigenvalue weighted by atomic mass is 35.5. The lowest BCUT2D eigenvalue weighted by Crippen LogP contribution is -2.23. The van der Waals surface area contributed by atoms with Crippen LogP contribution >= 0.6 is 22.9 Å². The second-order valence-electron chi connectivity index (χ2n) is 4.21. The van der Waals surface area contributed by atoms with Gasteiger partial charge in [0.15, 0.2) is 0 Å². The molecule has 0 amide bonds. The van der Waals surface area contributed by atoms with Crippen molar-refractivity contribution in [1.82, 2.24) is 5.32 Å². The molecule has 1 aliphatic rings. The summed E-state index contributed by atoms with van der Waals surface area (Å²) in [6.07, 6.45) is 2.32. The quantitative estimate of drug-likeness (QED) is 0.874. The molecule has 1 saturated heterocycles. The molecule has 1 N–H and O–H groups in total. The van der Waals surface area contributed by atoms with Crippen molar-refractivity contribution < 1.29 is 4.74 Å². The van der Waals surface area contributed by atoms with Crippen LogP contribution in [0.5, 0.6) is 0 Å². The topological polar surface area (TPSA) is 21.3 Å². The summed E-state index contributed by atoms with van der Waals surface area (Å²) >= 11 is 7.94. The molecule has 2 atom stereocenters. The highest BCUT2D eigenvalue weighted by Crippen LogP contribution is 2.34. The lowest BCUT2D eigenvalue weighted by atomic mass is 9.98. The molecular formula is C12H18ClNOS. The van der Waals surface area contributed by atoms with E-state index in [-0.39, 0.29) is 0 Å². The molecule has 0 aliphatic carbocycles. The van der Waals surface area contributed by atoms with Gasteiger partial charge in [-0.2, -0.15) is 0 Å². The average molecular weight is 260 g/mol. The van der Waals surface area contributed by atoms with Crippen molar-refractivity contribution in [3.05, 3.63) is 21.3 Å². The zero-order chi connectivity index (χ0) is 11.4. The first-order valence-electron chi connectivity index (χ1n) is 5.85. The Morgan fingerprint density at radius 2 is 2.56 bits per heavy atom. The molecule has 2 unspecified atom stereocenters. The molecule has 1 aromatic heterocycles. The van der Waals surface area contributed by atoms with Crippen LogP contribution in [-0.4, -0.2) is 19.8 Å². The van der Waals surface area contributed by atoms with Crippen molar-refractivity contribution >= 4 is 22.9 Å². The van der Waals surface area contributed by atoms with Crippen molar-refractivity contribution in [3.63, 3.8) is 0 Å². The highest BCUT2D eigenvalue weighted by Gasteiger charge is 2.23. The van der Waals surface area contributed by atoms with Crippen molar-refractivity contribution in [1.29, 1.82) is 0 Å². The van der Waals surface area contributed by atoms with E-state index in [0.717, 1.165) is 31.2 Å². The molecule has 2 nitrogen and oxygen atoms in total. The second kappa shape index (κ2) is 6.01. The molecule has 0 saturated carbocycles. The lowest BCUT2D eigenvalue weighted by Gasteiger charge is -2.20. The first kappa shape index (κ1) is 12.4. The van der Waals surface area contributed by atoms with Crippen LogP contribution in [0.15, 0.2) is 11.4 Å². The van der Waals surface area contributed by atoms with Gasteiger partial charge in [0.25, 0.3) is 0 Å². The van der Waals surface area contributed by atoms with Gasteiger partial charge < -0.3 is 10.1 Å². The Labute approximate surface area is 106 Å². The van der Waals surface area contributed by atoms with Gasteiger partial charge in [-0.25, -0.2) is 0 Å². The maximum Gasteiger partial charge on any atom is 0.0561 e. The van der Waals surface area contributed by atoms with E-state index >= 15 is 0 Å². The van der Waals surface area contributed by atoms with E-state index in [4.69, 9.17) is 16.3 Å². The van der Waals surface area contributed by atoms with E-state index in [1.165, 1.54) is 11.3 Å². The van der Waals surface area contributed by atoms with Gasteiger partial charge in [-0.15, -0.1) is 11.3 Å². The third-order valence-corrected chi connectivity index (χ3v) is 4.48. The van der Waals surface area contributed by atoms with Gasteiger partial charge >= 0.3 is 0 Å². The van der Waals surface area contributed by atoms with Crippen LogP contribution in [0.1, 0.15) is 30.7 Å². The highest BCUT2D eigenvalue weighted by molar-refractivity contribution is 7.10. The molecular weight excluding hydrogens is 242 g/mol. The van der Waals surface area contributed by atoms with Crippen LogP contribution in [0.2, 0.25) is 5.02 Å². The molecule has 1 fully saturated rings. The van der Waals surface area contributed by atoms with Crippen molar-refractivity contribution in [2.24, 2.45) is 5.92 Å². The summed E-state index contributed by atoms with van der Waals surface area (Å²) in [4.78, 5) is 1.27. The standard InChI is InChI=1S/C12H18ClNOS/c1-2-14-11(7-9-3-5-15-8-9)12-10(13)4-6-16-12/h4,6,9,11,14H,2-3,5,7-8H2,1H3. The zero-order valence-corrected chi connectivity index (χ0v) is 11.1. The lowest BCUT2D eigenvalue weighted by molar-refractivity contribution is 0.181. The number of thiophene rings is 1. The average Bonchev–Trinajstić information content (AvgIpc) is 2.88. The van der Waals surface area contributed by atoms with Gasteiger partial charge in [0.05, 0.1) is 5.02 Å². The fourth-order valence-corrected chi connectivity index (χ4v) is 3.46. The molecule has 0 spiro atoms. The molecule has 0 radical (unpaired) electrons. The third kappa shape index (κ3) is 2.98. The fraction of sp³-hybridized carbons (Fsp3) is 0.667. The summed E-state index contributed by atoms with van der Waals surface area (Å²) in [6.45, 7) is 4.94. The Bertz CT molecular complexity index is 323. The number of ether oxygens (including phenoxy) is 1. The van der Waals surface area contributed by atoms with Crippen LogP contribution in [0.25, 0.3) is 0 Å². The van der Waals surface area contributed by atoms with Gasteiger partial charge in [0, 0.05) is 24.1 Å². The van der Waals surface area contributed by atoms with Gasteiger partial charge in [0.1, 0.15) is 0 Å². The first-order valence-corrected chi connectivity index (χ1v) is 7.11. The van der Waals surface area contributed by atoms with E-state index in [2.05, 4.69) is 17.6 Å². The minimum absolute atomic E-state index is 0.393. The van der Waals surface area contributed by atoms with Crippen molar-refractivity contribution in [2.75, 3.05) is 19.8 Å². The summed E-state index contributed by atoms with van der Waals surface area (Å²) in [5, 5.41) is 6.48. The zero-order valence-electron chi connectivity index (χ0n) is 9.54. The smallest absolute Gasteiger partial charge is 0.0561 e. The van der Waals surface area contributed by atoms with E-state index in [1.807, 2.05) is 6.07 Å². The number of hydrogen-bond acceptors (Lipinski definition) is 3. The minimum atomic E-state index is 0.393. The van der Waals surface area contributed by atoms with Gasteiger partial charge in [-0.1, -0.05) is 18.5 Å². The predicted octanol–water partition coefficient (Wildman–Crippen LogP) is 3.48. The Morgan fingerprint density at radius 1 is 1.69 bits per heavy atom. The SMILES string of the molecule is CCNC(CC1CCOC1)c1sccc1Cl. The first-order chi connectivity index (χ1) is 7.81. The molecule has 0 bridgehead atoms. The maximum atomic E-state index is 6.19.